The second-order valence-corrected chi connectivity index (χ2v) is 5.43. The summed E-state index contributed by atoms with van der Waals surface area (Å²) in [6.07, 6.45) is 1.76. The normalized spacial score (nSPS) is 14.1. The number of nitrogens with one attached hydrogen (secondary N) is 1. The lowest BCUT2D eigenvalue weighted by atomic mass is 10.1. The van der Waals surface area contributed by atoms with Crippen LogP contribution in [0.5, 0.6) is 0 Å². The molecule has 1 aromatic rings. The summed E-state index contributed by atoms with van der Waals surface area (Å²) in [4.78, 5) is 0. The molecular weight excluding hydrogens is 206 g/mol. The van der Waals surface area contributed by atoms with Gasteiger partial charge in [-0.2, -0.15) is 5.10 Å². The minimum absolute atomic E-state index is 0.0706. The molecule has 0 aliphatic rings. The number of anilines is 1. The molecule has 14 heavy (non-hydrogen) atoms. The summed E-state index contributed by atoms with van der Waals surface area (Å²) < 4.78 is 21.6. The topological polar surface area (TPSA) is 109 Å². The highest BCUT2D eigenvalue weighted by Gasteiger charge is 2.15. The Kier molecular flexibility index (Phi) is 3.12. The van der Waals surface area contributed by atoms with Gasteiger partial charge in [-0.3, -0.25) is 5.10 Å². The summed E-state index contributed by atoms with van der Waals surface area (Å²) in [5, 5.41) is 15.6. The number of nitrogens with two attached hydrogens (primary N) is 1. The summed E-state index contributed by atoms with van der Waals surface area (Å²) in [5.74, 6) is 0.199. The van der Waals surface area contributed by atoms with Crippen LogP contribution in [0.15, 0.2) is 6.20 Å². The molecule has 0 amide bonds. The van der Waals surface area contributed by atoms with Gasteiger partial charge in [-0.05, 0) is 6.42 Å². The van der Waals surface area contributed by atoms with Gasteiger partial charge < -0.3 is 10.8 Å². The van der Waals surface area contributed by atoms with E-state index in [9.17, 15) is 13.5 Å². The van der Waals surface area contributed by atoms with Crippen LogP contribution in [0.3, 0.4) is 0 Å². The second-order valence-electron chi connectivity index (χ2n) is 3.17. The number of aliphatic hydroxyl groups excluding tert-OH is 1. The van der Waals surface area contributed by atoms with Gasteiger partial charge in [-0.15, -0.1) is 0 Å². The predicted molar refractivity (Wildman–Crippen MR) is 52.3 cm³/mol. The van der Waals surface area contributed by atoms with E-state index in [1.165, 1.54) is 6.20 Å². The van der Waals surface area contributed by atoms with Crippen LogP contribution in [0.25, 0.3) is 0 Å². The van der Waals surface area contributed by atoms with Crippen molar-refractivity contribution in [2.75, 3.05) is 17.7 Å². The largest absolute Gasteiger partial charge is 0.388 e. The van der Waals surface area contributed by atoms with Gasteiger partial charge in [0.15, 0.2) is 0 Å². The van der Waals surface area contributed by atoms with Crippen LogP contribution in [0.2, 0.25) is 0 Å². The van der Waals surface area contributed by atoms with E-state index in [2.05, 4.69) is 10.2 Å². The molecule has 0 saturated heterocycles. The zero-order valence-corrected chi connectivity index (χ0v) is 8.58. The van der Waals surface area contributed by atoms with Crippen molar-refractivity contribution in [2.45, 2.75) is 12.5 Å². The molecule has 1 heterocycles. The summed E-state index contributed by atoms with van der Waals surface area (Å²) in [5.41, 5.74) is 5.89. The lowest BCUT2D eigenvalue weighted by Gasteiger charge is -2.07. The smallest absolute Gasteiger partial charge is 0.147 e. The molecule has 0 aliphatic carbocycles. The maximum absolute atomic E-state index is 10.8. The molecule has 7 heteroatoms. The van der Waals surface area contributed by atoms with Crippen molar-refractivity contribution >= 4 is 15.7 Å². The van der Waals surface area contributed by atoms with Gasteiger partial charge in [-0.25, -0.2) is 8.42 Å². The number of aromatic amines is 1. The van der Waals surface area contributed by atoms with Gasteiger partial charge >= 0.3 is 0 Å². The standard InChI is InChI=1S/C7H13N3O3S/c1-14(12,13)3-2-6(11)5-4-9-10-7(5)8/h4,6,11H,2-3H2,1H3,(H3,8,9,10). The lowest BCUT2D eigenvalue weighted by molar-refractivity contribution is 0.175. The number of hydrogen-bond acceptors (Lipinski definition) is 5. The van der Waals surface area contributed by atoms with Crippen molar-refractivity contribution in [3.05, 3.63) is 11.8 Å². The summed E-state index contributed by atoms with van der Waals surface area (Å²) in [7, 11) is -3.05. The third-order valence-corrected chi connectivity index (χ3v) is 2.80. The lowest BCUT2D eigenvalue weighted by Crippen LogP contribution is -2.09. The number of rotatable bonds is 4. The first-order valence-electron chi connectivity index (χ1n) is 4.04. The molecule has 4 N–H and O–H groups in total. The molecule has 1 aromatic heterocycles. The molecule has 80 valence electrons. The fraction of sp³-hybridized carbons (Fsp3) is 0.571. The first-order valence-corrected chi connectivity index (χ1v) is 6.11. The van der Waals surface area contributed by atoms with E-state index < -0.39 is 15.9 Å². The Hall–Kier alpha value is -1.08. The van der Waals surface area contributed by atoms with Gasteiger partial charge in [0.25, 0.3) is 0 Å². The molecule has 0 radical (unpaired) electrons. The Balaban J connectivity index is 2.60. The minimum atomic E-state index is -3.05. The quantitative estimate of drug-likeness (QED) is 0.630. The van der Waals surface area contributed by atoms with Gasteiger partial charge in [0.2, 0.25) is 0 Å². The monoisotopic (exact) mass is 219 g/mol. The van der Waals surface area contributed by atoms with E-state index in [1.807, 2.05) is 0 Å². The fourth-order valence-electron chi connectivity index (χ4n) is 1.05. The molecule has 0 aliphatic heterocycles. The first-order chi connectivity index (χ1) is 6.40. The zero-order chi connectivity index (χ0) is 10.8. The van der Waals surface area contributed by atoms with Gasteiger partial charge in [0.1, 0.15) is 15.7 Å². The average Bonchev–Trinajstić information content (AvgIpc) is 2.46. The second kappa shape index (κ2) is 3.97. The molecule has 0 aromatic carbocycles. The van der Waals surface area contributed by atoms with E-state index in [-0.39, 0.29) is 18.0 Å². The summed E-state index contributed by atoms with van der Waals surface area (Å²) >= 11 is 0. The third kappa shape index (κ3) is 3.00. The highest BCUT2D eigenvalue weighted by molar-refractivity contribution is 7.90. The van der Waals surface area contributed by atoms with E-state index >= 15 is 0 Å². The first kappa shape index (κ1) is 11.0. The Morgan fingerprint density at radius 3 is 2.79 bits per heavy atom. The van der Waals surface area contributed by atoms with Crippen molar-refractivity contribution < 1.29 is 13.5 Å². The molecule has 6 nitrogen and oxygen atoms in total. The third-order valence-electron chi connectivity index (χ3n) is 1.82. The van der Waals surface area contributed by atoms with E-state index in [1.54, 1.807) is 0 Å². The molecule has 0 saturated carbocycles. The number of nitrogens with zero attached hydrogens (tertiary/aromatic N) is 1. The van der Waals surface area contributed by atoms with Gasteiger partial charge in [0.05, 0.1) is 18.1 Å². The maximum Gasteiger partial charge on any atom is 0.147 e. The number of aromatic nitrogens is 2. The highest BCUT2D eigenvalue weighted by atomic mass is 32.2. The molecule has 0 spiro atoms. The summed E-state index contributed by atoms with van der Waals surface area (Å²) in [6, 6.07) is 0. The van der Waals surface area contributed by atoms with Crippen molar-refractivity contribution in [3.8, 4) is 0 Å². The molecule has 1 rings (SSSR count). The fourth-order valence-corrected chi connectivity index (χ4v) is 1.70. The van der Waals surface area contributed by atoms with Crippen LogP contribution < -0.4 is 5.73 Å². The van der Waals surface area contributed by atoms with Crippen LogP contribution >= 0.6 is 0 Å². The Labute approximate surface area is 82.0 Å². The Morgan fingerprint density at radius 1 is 1.71 bits per heavy atom. The number of H-pyrrole nitrogens is 1. The van der Waals surface area contributed by atoms with Crippen LogP contribution in [-0.2, 0) is 9.84 Å². The molecular formula is C7H13N3O3S. The Morgan fingerprint density at radius 2 is 2.36 bits per heavy atom. The Bertz CT molecular complexity index is 398. The van der Waals surface area contributed by atoms with E-state index in [0.29, 0.717) is 5.56 Å². The number of aliphatic hydroxyl groups is 1. The SMILES string of the molecule is CS(=O)(=O)CCC(O)c1cn[nH]c1N. The van der Waals surface area contributed by atoms with Crippen LogP contribution in [0, 0.1) is 0 Å². The van der Waals surface area contributed by atoms with E-state index in [4.69, 9.17) is 5.73 Å². The molecule has 0 fully saturated rings. The van der Waals surface area contributed by atoms with Crippen molar-refractivity contribution in [1.29, 1.82) is 0 Å². The number of nitrogen functional groups attached to an aromatic ring is 1. The van der Waals surface area contributed by atoms with Gasteiger partial charge in [0, 0.05) is 11.8 Å². The molecule has 1 unspecified atom stereocenters. The number of hydrogen-bond donors (Lipinski definition) is 3. The maximum atomic E-state index is 10.8. The van der Waals surface area contributed by atoms with Crippen molar-refractivity contribution in [3.63, 3.8) is 0 Å². The number of sulfone groups is 1. The predicted octanol–water partition coefficient (Wildman–Crippen LogP) is -0.540. The molecule has 1 atom stereocenters. The van der Waals surface area contributed by atoms with E-state index in [0.717, 1.165) is 6.26 Å². The van der Waals surface area contributed by atoms with Gasteiger partial charge in [-0.1, -0.05) is 0 Å². The van der Waals surface area contributed by atoms with Crippen LogP contribution in [0.1, 0.15) is 18.1 Å². The van der Waals surface area contributed by atoms with Crippen molar-refractivity contribution in [1.82, 2.24) is 10.2 Å². The highest BCUT2D eigenvalue weighted by Crippen LogP contribution is 2.20. The van der Waals surface area contributed by atoms with Crippen LogP contribution in [0.4, 0.5) is 5.82 Å². The minimum Gasteiger partial charge on any atom is -0.388 e. The zero-order valence-electron chi connectivity index (χ0n) is 7.77. The summed E-state index contributed by atoms with van der Waals surface area (Å²) in [6.45, 7) is 0. The van der Waals surface area contributed by atoms with Crippen molar-refractivity contribution in [2.24, 2.45) is 0 Å². The van der Waals surface area contributed by atoms with Crippen LogP contribution in [-0.4, -0.2) is 35.7 Å². The molecule has 0 bridgehead atoms. The average molecular weight is 219 g/mol.